The number of halogens is 3. The molecule has 0 bridgehead atoms. The van der Waals surface area contributed by atoms with Crippen molar-refractivity contribution in [3.8, 4) is 0 Å². The lowest BCUT2D eigenvalue weighted by Crippen LogP contribution is -2.51. The van der Waals surface area contributed by atoms with Crippen LogP contribution in [-0.4, -0.2) is 43.3 Å². The maximum Gasteiger partial charge on any atom is 0.416 e. The van der Waals surface area contributed by atoms with E-state index in [-0.39, 0.29) is 11.8 Å². The van der Waals surface area contributed by atoms with Crippen molar-refractivity contribution in [1.29, 1.82) is 0 Å². The molecule has 0 aromatic heterocycles. The first kappa shape index (κ1) is 20.4. The van der Waals surface area contributed by atoms with Crippen LogP contribution in [0.25, 0.3) is 0 Å². The van der Waals surface area contributed by atoms with Gasteiger partial charge < -0.3 is 0 Å². The third-order valence-corrected chi connectivity index (χ3v) is 7.45. The quantitative estimate of drug-likeness (QED) is 0.727. The van der Waals surface area contributed by atoms with Gasteiger partial charge in [-0.2, -0.15) is 17.5 Å². The largest absolute Gasteiger partial charge is 0.416 e. The molecule has 2 aromatic rings. The summed E-state index contributed by atoms with van der Waals surface area (Å²) in [6.45, 7) is 1.71. The topological polar surface area (TPSA) is 40.6 Å². The maximum absolute atomic E-state index is 13.2. The fourth-order valence-corrected chi connectivity index (χ4v) is 5.64. The summed E-state index contributed by atoms with van der Waals surface area (Å²) in [5, 5.41) is 0. The lowest BCUT2D eigenvalue weighted by molar-refractivity contribution is -0.137. The highest BCUT2D eigenvalue weighted by atomic mass is 32.2. The number of hydrogen-bond donors (Lipinski definition) is 0. The predicted octanol–water partition coefficient (Wildman–Crippen LogP) is 4.06. The molecule has 1 aliphatic heterocycles. The minimum atomic E-state index is -4.44. The van der Waals surface area contributed by atoms with Crippen molar-refractivity contribution in [2.24, 2.45) is 0 Å². The summed E-state index contributed by atoms with van der Waals surface area (Å²) >= 11 is 0. The second-order valence-corrected chi connectivity index (χ2v) is 9.64. The number of hydrogen-bond acceptors (Lipinski definition) is 3. The first-order valence-corrected chi connectivity index (χ1v) is 11.3. The molecular weight excluding hydrogens is 401 g/mol. The molecule has 4 rings (SSSR count). The molecule has 1 saturated heterocycles. The molecule has 1 aliphatic carbocycles. The van der Waals surface area contributed by atoms with Crippen LogP contribution in [0, 0.1) is 0 Å². The van der Waals surface area contributed by atoms with E-state index < -0.39 is 21.8 Å². The SMILES string of the molecule is O=S(=O)(Cc1ccc(C(F)(F)F)cc1)N1CCN(C2CC2)CC1c1ccccc1. The van der Waals surface area contributed by atoms with Gasteiger partial charge in [0.15, 0.2) is 0 Å². The van der Waals surface area contributed by atoms with E-state index in [1.807, 2.05) is 30.3 Å². The van der Waals surface area contributed by atoms with Crippen molar-refractivity contribution in [3.63, 3.8) is 0 Å². The first-order valence-electron chi connectivity index (χ1n) is 9.69. The van der Waals surface area contributed by atoms with E-state index >= 15 is 0 Å². The zero-order chi connectivity index (χ0) is 20.6. The van der Waals surface area contributed by atoms with Gasteiger partial charge >= 0.3 is 6.18 Å². The summed E-state index contributed by atoms with van der Waals surface area (Å²) in [5.74, 6) is -0.308. The van der Waals surface area contributed by atoms with Crippen LogP contribution < -0.4 is 0 Å². The van der Waals surface area contributed by atoms with Gasteiger partial charge in [-0.1, -0.05) is 42.5 Å². The van der Waals surface area contributed by atoms with Crippen LogP contribution in [0.5, 0.6) is 0 Å². The number of sulfonamides is 1. The van der Waals surface area contributed by atoms with Gasteiger partial charge in [0.1, 0.15) is 0 Å². The van der Waals surface area contributed by atoms with E-state index in [9.17, 15) is 21.6 Å². The Morgan fingerprint density at radius 3 is 2.17 bits per heavy atom. The van der Waals surface area contributed by atoms with Gasteiger partial charge in [0.05, 0.1) is 17.4 Å². The second-order valence-electron chi connectivity index (χ2n) is 7.71. The molecule has 4 nitrogen and oxygen atoms in total. The van der Waals surface area contributed by atoms with Gasteiger partial charge in [-0.15, -0.1) is 0 Å². The number of nitrogens with zero attached hydrogens (tertiary/aromatic N) is 2. The van der Waals surface area contributed by atoms with Gasteiger partial charge in [-0.05, 0) is 36.1 Å². The molecule has 1 unspecified atom stereocenters. The van der Waals surface area contributed by atoms with E-state index in [1.54, 1.807) is 0 Å². The Hall–Kier alpha value is -1.90. The number of benzene rings is 2. The Balaban J connectivity index is 1.56. The Morgan fingerprint density at radius 1 is 0.931 bits per heavy atom. The Labute approximate surface area is 169 Å². The third-order valence-electron chi connectivity index (χ3n) is 5.60. The standard InChI is InChI=1S/C21H23F3N2O2S/c22-21(23,24)18-8-6-16(7-9-18)15-29(27,28)26-13-12-25(19-10-11-19)14-20(26)17-4-2-1-3-5-17/h1-9,19-20H,10-15H2. The van der Waals surface area contributed by atoms with Crippen molar-refractivity contribution in [3.05, 3.63) is 71.3 Å². The van der Waals surface area contributed by atoms with Crippen LogP contribution in [-0.2, 0) is 22.0 Å². The van der Waals surface area contributed by atoms with Crippen LogP contribution in [0.2, 0.25) is 0 Å². The Bertz CT molecular complexity index is 942. The molecular formula is C21H23F3N2O2S. The average Bonchev–Trinajstić information content (AvgIpc) is 3.53. The molecule has 0 radical (unpaired) electrons. The van der Waals surface area contributed by atoms with Crippen LogP contribution in [0.3, 0.4) is 0 Å². The van der Waals surface area contributed by atoms with Gasteiger partial charge in [-0.25, -0.2) is 8.42 Å². The smallest absolute Gasteiger partial charge is 0.297 e. The van der Waals surface area contributed by atoms with Gasteiger partial charge in [0, 0.05) is 25.7 Å². The molecule has 0 N–H and O–H groups in total. The fourth-order valence-electron chi connectivity index (χ4n) is 3.92. The Morgan fingerprint density at radius 2 is 1.59 bits per heavy atom. The number of alkyl halides is 3. The fraction of sp³-hybridized carbons (Fsp3) is 0.429. The lowest BCUT2D eigenvalue weighted by Gasteiger charge is -2.41. The molecule has 29 heavy (non-hydrogen) atoms. The predicted molar refractivity (Wildman–Crippen MR) is 105 cm³/mol. The summed E-state index contributed by atoms with van der Waals surface area (Å²) < 4.78 is 66.2. The summed E-state index contributed by atoms with van der Waals surface area (Å²) in [6, 6.07) is 14.2. The highest BCUT2D eigenvalue weighted by Crippen LogP contribution is 2.35. The van der Waals surface area contributed by atoms with Crippen LogP contribution in [0.15, 0.2) is 54.6 Å². The van der Waals surface area contributed by atoms with E-state index in [0.29, 0.717) is 31.2 Å². The molecule has 8 heteroatoms. The minimum absolute atomic E-state index is 0.287. The average molecular weight is 424 g/mol. The number of rotatable bonds is 5. The summed E-state index contributed by atoms with van der Waals surface area (Å²) in [6.07, 6.45) is -2.13. The van der Waals surface area contributed by atoms with Crippen molar-refractivity contribution in [2.45, 2.75) is 36.9 Å². The normalized spacial score (nSPS) is 22.0. The maximum atomic E-state index is 13.2. The monoisotopic (exact) mass is 424 g/mol. The molecule has 156 valence electrons. The molecule has 1 saturated carbocycles. The summed E-state index contributed by atoms with van der Waals surface area (Å²) in [4.78, 5) is 2.35. The van der Waals surface area contributed by atoms with Crippen LogP contribution >= 0.6 is 0 Å². The zero-order valence-corrected chi connectivity index (χ0v) is 16.7. The van der Waals surface area contributed by atoms with Gasteiger partial charge in [0.2, 0.25) is 10.0 Å². The van der Waals surface area contributed by atoms with E-state index in [0.717, 1.165) is 30.5 Å². The van der Waals surface area contributed by atoms with E-state index in [2.05, 4.69) is 4.90 Å². The van der Waals surface area contributed by atoms with Crippen molar-refractivity contribution >= 4 is 10.0 Å². The van der Waals surface area contributed by atoms with Crippen LogP contribution in [0.1, 0.15) is 35.6 Å². The Kier molecular flexibility index (Phi) is 5.44. The van der Waals surface area contributed by atoms with Gasteiger partial charge in [0.25, 0.3) is 0 Å². The van der Waals surface area contributed by atoms with Crippen LogP contribution in [0.4, 0.5) is 13.2 Å². The molecule has 1 heterocycles. The summed E-state index contributed by atoms with van der Waals surface area (Å²) in [7, 11) is -3.69. The zero-order valence-electron chi connectivity index (χ0n) is 15.8. The second kappa shape index (κ2) is 7.74. The molecule has 2 fully saturated rings. The van der Waals surface area contributed by atoms with Gasteiger partial charge in [-0.3, -0.25) is 4.90 Å². The highest BCUT2D eigenvalue weighted by molar-refractivity contribution is 7.88. The molecule has 0 amide bonds. The molecule has 1 atom stereocenters. The first-order chi connectivity index (χ1) is 13.7. The molecule has 2 aliphatic rings. The van der Waals surface area contributed by atoms with Crippen molar-refractivity contribution in [1.82, 2.24) is 9.21 Å². The van der Waals surface area contributed by atoms with Crippen molar-refractivity contribution < 1.29 is 21.6 Å². The highest BCUT2D eigenvalue weighted by Gasteiger charge is 2.40. The van der Waals surface area contributed by atoms with E-state index in [1.165, 1.54) is 16.4 Å². The summed E-state index contributed by atoms with van der Waals surface area (Å²) in [5.41, 5.74) is 0.516. The minimum Gasteiger partial charge on any atom is -0.297 e. The lowest BCUT2D eigenvalue weighted by atomic mass is 10.0. The third kappa shape index (κ3) is 4.65. The van der Waals surface area contributed by atoms with E-state index in [4.69, 9.17) is 0 Å². The number of piperazine rings is 1. The molecule has 2 aromatic carbocycles. The molecule has 0 spiro atoms. The van der Waals surface area contributed by atoms with Crippen molar-refractivity contribution in [2.75, 3.05) is 19.6 Å².